The highest BCUT2D eigenvalue weighted by atomic mass is 31.2. The minimum atomic E-state index is -5.89. The summed E-state index contributed by atoms with van der Waals surface area (Å²) in [5.41, 5.74) is 0. The summed E-state index contributed by atoms with van der Waals surface area (Å²) in [4.78, 5) is 36.1. The van der Waals surface area contributed by atoms with Gasteiger partial charge in [0, 0.05) is 12.8 Å². The first-order valence-corrected chi connectivity index (χ1v) is 23.2. The molecule has 0 rings (SSSR count). The first-order chi connectivity index (χ1) is 31.2. The van der Waals surface area contributed by atoms with Gasteiger partial charge >= 0.3 is 19.8 Å². The lowest BCUT2D eigenvalue weighted by Crippen LogP contribution is -2.37. The summed E-state index contributed by atoms with van der Waals surface area (Å²) in [6.45, 7) is -19.2. The molecule has 1 N–H and O–H groups in total. The van der Waals surface area contributed by atoms with Gasteiger partial charge in [-0.1, -0.05) is 194 Å². The molecule has 0 saturated heterocycles. The molecule has 0 aromatic rings. The van der Waals surface area contributed by atoms with Crippen LogP contribution in [0.25, 0.3) is 0 Å². The number of phosphoric ester groups is 1. The number of esters is 2. The van der Waals surface area contributed by atoms with Crippen molar-refractivity contribution in [2.24, 2.45) is 0 Å². The van der Waals surface area contributed by atoms with Gasteiger partial charge in [0.25, 0.3) is 0 Å². The average molecular weight is 804 g/mol. The van der Waals surface area contributed by atoms with E-state index in [9.17, 15) is 19.0 Å². The van der Waals surface area contributed by atoms with Crippen molar-refractivity contribution < 1.29 is 59.9 Å². The first kappa shape index (κ1) is 33.9. The number of phosphoric acid groups is 1. The van der Waals surface area contributed by atoms with Gasteiger partial charge in [-0.05, 0) is 12.8 Å². The molecule has 10 heteroatoms. The van der Waals surface area contributed by atoms with Gasteiger partial charge in [-0.25, -0.2) is 4.57 Å². The number of hydrogen-bond acceptors (Lipinski definition) is 7. The van der Waals surface area contributed by atoms with Crippen LogP contribution in [0.3, 0.4) is 0 Å². The van der Waals surface area contributed by atoms with Gasteiger partial charge in [-0.3, -0.25) is 18.6 Å². The third kappa shape index (κ3) is 40.7. The van der Waals surface area contributed by atoms with Gasteiger partial charge in [0.1, 0.15) is 19.7 Å². The lowest BCUT2D eigenvalue weighted by atomic mass is 10.0. The maximum Gasteiger partial charge on any atom is 0.472 e. The van der Waals surface area contributed by atoms with E-state index < -0.39 is 77.5 Å². The van der Waals surface area contributed by atoms with Gasteiger partial charge in [0.15, 0.2) is 6.10 Å². The van der Waals surface area contributed by atoms with Crippen molar-refractivity contribution in [2.75, 3.05) is 47.2 Å². The molecule has 1 unspecified atom stereocenters. The van der Waals surface area contributed by atoms with E-state index in [4.69, 9.17) is 31.8 Å². The maximum absolute atomic E-state index is 13.1. The lowest BCUT2D eigenvalue weighted by Gasteiger charge is -2.24. The van der Waals surface area contributed by atoms with Crippen molar-refractivity contribution in [2.45, 2.75) is 225 Å². The summed E-state index contributed by atoms with van der Waals surface area (Å²) < 4.78 is 132. The van der Waals surface area contributed by atoms with Gasteiger partial charge in [0.05, 0.1) is 45.4 Å². The Labute approximate surface area is 352 Å². The molecule has 0 aromatic carbocycles. The number of rotatable bonds is 42. The molecule has 0 aliphatic heterocycles. The second-order valence-corrected chi connectivity index (χ2v) is 16.3. The molecule has 54 heavy (non-hydrogen) atoms. The zero-order valence-electron chi connectivity index (χ0n) is 47.3. The Morgan fingerprint density at radius 1 is 0.556 bits per heavy atom. The van der Waals surface area contributed by atoms with Crippen LogP contribution in [0.2, 0.25) is 0 Å². The Kier molecular flexibility index (Phi) is 23.6. The molecule has 0 fully saturated rings. The normalized spacial score (nSPS) is 18.3. The molecule has 0 amide bonds. The molecular weight excluding hydrogens is 701 g/mol. The predicted octanol–water partition coefficient (Wildman–Crippen LogP) is 12.8. The SMILES string of the molecule is [2H]C([2H])(OP(=O)(O)OC[C@@H](COC(=O)CCCCCCCCCCCCCCCCC)OC(=O)CCCCCCCCCCCCCCCCC)C([2H])([2H])[N+](C([2H])([2H])[2H])(C([2H])([2H])[2H])C([2H])([2H])[2H]. The minimum absolute atomic E-state index is 0.0444. The molecule has 0 spiro atoms. The van der Waals surface area contributed by atoms with Crippen LogP contribution in [0, 0.1) is 0 Å². The van der Waals surface area contributed by atoms with Crippen LogP contribution in [-0.2, 0) is 32.7 Å². The van der Waals surface area contributed by atoms with E-state index in [-0.39, 0.29) is 12.8 Å². The average Bonchev–Trinajstić information content (AvgIpc) is 3.19. The number of quaternary nitrogens is 1. The smallest absolute Gasteiger partial charge is 0.462 e. The van der Waals surface area contributed by atoms with Gasteiger partial charge in [-0.15, -0.1) is 0 Å². The minimum Gasteiger partial charge on any atom is -0.462 e. The highest BCUT2D eigenvalue weighted by Crippen LogP contribution is 2.43. The van der Waals surface area contributed by atoms with Crippen LogP contribution in [0.4, 0.5) is 0 Å². The molecule has 0 bridgehead atoms. The van der Waals surface area contributed by atoms with E-state index in [1.807, 2.05) is 0 Å². The third-order valence-corrected chi connectivity index (χ3v) is 10.3. The number of carbonyl (C=O) groups excluding carboxylic acids is 2. The summed E-state index contributed by atoms with van der Waals surface area (Å²) in [6.07, 6.45) is 32.5. The van der Waals surface area contributed by atoms with Crippen molar-refractivity contribution in [3.8, 4) is 0 Å². The fraction of sp³-hybridized carbons (Fsp3) is 0.955. The van der Waals surface area contributed by atoms with E-state index in [2.05, 4.69) is 18.4 Å². The van der Waals surface area contributed by atoms with Crippen molar-refractivity contribution in [1.29, 1.82) is 0 Å². The number of hydrogen-bond donors (Lipinski definition) is 1. The second-order valence-electron chi connectivity index (χ2n) is 14.9. The molecule has 0 saturated carbocycles. The molecular formula is C44H89NO8P+. The summed E-state index contributed by atoms with van der Waals surface area (Å²) >= 11 is 0. The molecule has 9 nitrogen and oxygen atoms in total. The van der Waals surface area contributed by atoms with Gasteiger partial charge in [-0.2, -0.15) is 0 Å². The zero-order chi connectivity index (χ0) is 51.1. The summed E-state index contributed by atoms with van der Waals surface area (Å²) in [6, 6.07) is 0. The van der Waals surface area contributed by atoms with Gasteiger partial charge in [0.2, 0.25) is 0 Å². The summed E-state index contributed by atoms with van der Waals surface area (Å²) in [5.74, 6) is -1.39. The van der Waals surface area contributed by atoms with Crippen LogP contribution in [0.15, 0.2) is 0 Å². The highest BCUT2D eigenvalue weighted by Gasteiger charge is 2.27. The zero-order valence-corrected chi connectivity index (χ0v) is 35.2. The second kappa shape index (κ2) is 37.6. The Bertz CT molecular complexity index is 1320. The van der Waals surface area contributed by atoms with E-state index >= 15 is 0 Å². The predicted molar refractivity (Wildman–Crippen MR) is 225 cm³/mol. The monoisotopic (exact) mass is 804 g/mol. The van der Waals surface area contributed by atoms with Crippen LogP contribution in [-0.4, -0.2) is 74.6 Å². The van der Waals surface area contributed by atoms with Crippen molar-refractivity contribution in [3.63, 3.8) is 0 Å². The molecule has 0 aliphatic rings. The van der Waals surface area contributed by atoms with Crippen molar-refractivity contribution in [3.05, 3.63) is 0 Å². The van der Waals surface area contributed by atoms with E-state index in [1.54, 1.807) is 0 Å². The number of carbonyl (C=O) groups is 2. The summed E-state index contributed by atoms with van der Waals surface area (Å²) in [7, 11) is -5.89. The van der Waals surface area contributed by atoms with Crippen LogP contribution in [0.5, 0.6) is 0 Å². The quantitative estimate of drug-likeness (QED) is 0.0281. The van der Waals surface area contributed by atoms with Crippen molar-refractivity contribution >= 4 is 19.8 Å². The van der Waals surface area contributed by atoms with E-state index in [0.717, 1.165) is 57.8 Å². The molecule has 0 heterocycles. The molecule has 0 aliphatic carbocycles. The Balaban J connectivity index is 5.33. The van der Waals surface area contributed by atoms with Crippen LogP contribution >= 0.6 is 7.82 Å². The maximum atomic E-state index is 13.1. The first-order valence-electron chi connectivity index (χ1n) is 28.2. The largest absolute Gasteiger partial charge is 0.472 e. The fourth-order valence-electron chi connectivity index (χ4n) is 6.25. The van der Waals surface area contributed by atoms with E-state index in [1.165, 1.54) is 122 Å². The van der Waals surface area contributed by atoms with Gasteiger partial charge < -0.3 is 18.9 Å². The van der Waals surface area contributed by atoms with E-state index in [0.29, 0.717) is 12.8 Å². The molecule has 2 atom stereocenters. The number of ether oxygens (including phenoxy) is 2. The van der Waals surface area contributed by atoms with Crippen LogP contribution < -0.4 is 0 Å². The third-order valence-electron chi connectivity index (χ3n) is 9.50. The number of nitrogens with zero attached hydrogens (tertiary/aromatic N) is 1. The standard InChI is InChI=1S/C44H88NO8P/c1-6-8-10-12-14-16-18-20-22-24-26-28-30-32-34-36-43(46)50-40-42(41-52-54(48,49)51-39-38-45(3,4)5)53-44(47)37-35-33-31-29-27-25-23-21-19-17-15-13-11-9-7-2/h42H,6-41H2,1-5H3/p+1/t42-/m1/s1/i3D3,4D3,5D3,38D2,39D2. The highest BCUT2D eigenvalue weighted by molar-refractivity contribution is 7.47. The number of likely N-dealkylation sites (N-methyl/N-ethyl adjacent to an activating group) is 1. The molecule has 0 radical (unpaired) electrons. The number of unbranched alkanes of at least 4 members (excludes halogenated alkanes) is 28. The molecule has 322 valence electrons. The fourth-order valence-corrected chi connectivity index (χ4v) is 6.81. The Morgan fingerprint density at radius 2 is 0.907 bits per heavy atom. The lowest BCUT2D eigenvalue weighted by molar-refractivity contribution is -0.870. The topological polar surface area (TPSA) is 108 Å². The van der Waals surface area contributed by atoms with Crippen LogP contribution in [0.1, 0.15) is 237 Å². The Hall–Kier alpha value is -0.990. The van der Waals surface area contributed by atoms with Crippen molar-refractivity contribution in [1.82, 2.24) is 0 Å². The summed E-state index contributed by atoms with van der Waals surface area (Å²) in [5, 5.41) is 0. The molecule has 0 aromatic heterocycles. The Morgan fingerprint density at radius 3 is 1.28 bits per heavy atom.